The Hall–Kier alpha value is -1.61. The van der Waals surface area contributed by atoms with Gasteiger partial charge < -0.3 is 10.2 Å². The molecular formula is C17H21N3. The second-order valence-electron chi connectivity index (χ2n) is 6.16. The maximum absolute atomic E-state index is 4.93. The molecule has 3 nitrogen and oxygen atoms in total. The number of aromatic nitrogens is 1. The van der Waals surface area contributed by atoms with E-state index in [9.17, 15) is 0 Å². The van der Waals surface area contributed by atoms with E-state index in [0.717, 1.165) is 24.1 Å². The Labute approximate surface area is 120 Å². The molecule has 1 aromatic heterocycles. The predicted molar refractivity (Wildman–Crippen MR) is 83.0 cm³/mol. The average molecular weight is 267 g/mol. The van der Waals surface area contributed by atoms with E-state index < -0.39 is 0 Å². The van der Waals surface area contributed by atoms with Crippen LogP contribution in [0.3, 0.4) is 0 Å². The van der Waals surface area contributed by atoms with Crippen molar-refractivity contribution in [3.05, 3.63) is 36.0 Å². The summed E-state index contributed by atoms with van der Waals surface area (Å²) in [6.07, 6.45) is 5.25. The topological polar surface area (TPSA) is 28.2 Å². The lowest BCUT2D eigenvalue weighted by Crippen LogP contribution is -2.22. The van der Waals surface area contributed by atoms with Crippen molar-refractivity contribution < 1.29 is 0 Å². The van der Waals surface area contributed by atoms with Gasteiger partial charge in [-0.25, -0.2) is 4.98 Å². The summed E-state index contributed by atoms with van der Waals surface area (Å²) in [6, 6.07) is 12.3. The van der Waals surface area contributed by atoms with Crippen molar-refractivity contribution in [1.82, 2.24) is 10.3 Å². The van der Waals surface area contributed by atoms with Gasteiger partial charge in [0.1, 0.15) is 5.82 Å². The second-order valence-corrected chi connectivity index (χ2v) is 6.16. The molecule has 0 spiro atoms. The first kappa shape index (κ1) is 12.2. The van der Waals surface area contributed by atoms with Gasteiger partial charge in [0.25, 0.3) is 0 Å². The molecule has 2 aliphatic carbocycles. The molecule has 0 atom stereocenters. The molecule has 4 rings (SSSR count). The van der Waals surface area contributed by atoms with E-state index in [1.807, 2.05) is 0 Å². The number of nitrogens with one attached hydrogen (secondary N) is 1. The fourth-order valence-electron chi connectivity index (χ4n) is 2.77. The lowest BCUT2D eigenvalue weighted by molar-refractivity contribution is 0.674. The smallest absolute Gasteiger partial charge is 0.136 e. The van der Waals surface area contributed by atoms with Gasteiger partial charge in [0.2, 0.25) is 0 Å². The van der Waals surface area contributed by atoms with Gasteiger partial charge in [-0.2, -0.15) is 0 Å². The van der Waals surface area contributed by atoms with Crippen molar-refractivity contribution in [3.8, 4) is 0 Å². The van der Waals surface area contributed by atoms with Crippen LogP contribution in [0.25, 0.3) is 10.8 Å². The van der Waals surface area contributed by atoms with Gasteiger partial charge in [-0.3, -0.25) is 0 Å². The number of anilines is 1. The SMILES string of the molecule is CN(c1nc(CNC2CC2)cc2ccccc12)C1CC1. The molecule has 20 heavy (non-hydrogen) atoms. The summed E-state index contributed by atoms with van der Waals surface area (Å²) >= 11 is 0. The van der Waals surface area contributed by atoms with Crippen molar-refractivity contribution in [1.29, 1.82) is 0 Å². The normalized spacial score (nSPS) is 18.4. The zero-order chi connectivity index (χ0) is 13.5. The molecule has 2 saturated carbocycles. The molecule has 2 aliphatic rings. The molecule has 1 heterocycles. The van der Waals surface area contributed by atoms with E-state index in [1.54, 1.807) is 0 Å². The molecule has 2 fully saturated rings. The Kier molecular flexibility index (Phi) is 2.88. The number of nitrogens with zero attached hydrogens (tertiary/aromatic N) is 2. The molecular weight excluding hydrogens is 246 g/mol. The summed E-state index contributed by atoms with van der Waals surface area (Å²) in [7, 11) is 2.19. The highest BCUT2D eigenvalue weighted by Gasteiger charge is 2.28. The molecule has 0 unspecified atom stereocenters. The van der Waals surface area contributed by atoms with E-state index in [0.29, 0.717) is 6.04 Å². The van der Waals surface area contributed by atoms with Gasteiger partial charge in [-0.05, 0) is 37.1 Å². The number of rotatable bonds is 5. The van der Waals surface area contributed by atoms with E-state index in [1.165, 1.54) is 36.5 Å². The molecule has 1 N–H and O–H groups in total. The Morgan fingerprint density at radius 3 is 2.75 bits per heavy atom. The number of hydrogen-bond acceptors (Lipinski definition) is 3. The highest BCUT2D eigenvalue weighted by Crippen LogP contribution is 2.33. The summed E-state index contributed by atoms with van der Waals surface area (Å²) in [5.74, 6) is 1.15. The fraction of sp³-hybridized carbons (Fsp3) is 0.471. The first-order valence-electron chi connectivity index (χ1n) is 7.66. The molecule has 104 valence electrons. The van der Waals surface area contributed by atoms with E-state index in [2.05, 4.69) is 47.6 Å². The van der Waals surface area contributed by atoms with E-state index in [-0.39, 0.29) is 0 Å². The first-order valence-corrected chi connectivity index (χ1v) is 7.66. The third-order valence-electron chi connectivity index (χ3n) is 4.35. The van der Waals surface area contributed by atoms with Crippen LogP contribution < -0.4 is 10.2 Å². The maximum atomic E-state index is 4.93. The van der Waals surface area contributed by atoms with Crippen molar-refractivity contribution >= 4 is 16.6 Å². The second kappa shape index (κ2) is 4.74. The zero-order valence-electron chi connectivity index (χ0n) is 12.0. The Morgan fingerprint density at radius 1 is 1.20 bits per heavy atom. The van der Waals surface area contributed by atoms with E-state index >= 15 is 0 Å². The summed E-state index contributed by atoms with van der Waals surface area (Å²) < 4.78 is 0. The van der Waals surface area contributed by atoms with Crippen LogP contribution >= 0.6 is 0 Å². The van der Waals surface area contributed by atoms with Crippen LogP contribution in [0.15, 0.2) is 30.3 Å². The number of pyridine rings is 1. The van der Waals surface area contributed by atoms with Crippen LogP contribution in [0.5, 0.6) is 0 Å². The molecule has 0 bridgehead atoms. The van der Waals surface area contributed by atoms with Gasteiger partial charge in [0, 0.05) is 31.1 Å². The van der Waals surface area contributed by atoms with Gasteiger partial charge in [-0.15, -0.1) is 0 Å². The number of fused-ring (bicyclic) bond motifs is 1. The average Bonchev–Trinajstić information content (AvgIpc) is 3.37. The lowest BCUT2D eigenvalue weighted by atomic mass is 10.1. The van der Waals surface area contributed by atoms with Crippen LogP contribution in [0.4, 0.5) is 5.82 Å². The first-order chi connectivity index (χ1) is 9.81. The Bertz CT molecular complexity index is 629. The molecule has 0 radical (unpaired) electrons. The largest absolute Gasteiger partial charge is 0.356 e. The summed E-state index contributed by atoms with van der Waals surface area (Å²) in [5, 5.41) is 6.15. The fourth-order valence-corrected chi connectivity index (χ4v) is 2.77. The minimum Gasteiger partial charge on any atom is -0.356 e. The molecule has 0 amide bonds. The molecule has 0 aliphatic heterocycles. The van der Waals surface area contributed by atoms with Gasteiger partial charge in [0.05, 0.1) is 5.69 Å². The van der Waals surface area contributed by atoms with Crippen molar-refractivity contribution in [2.24, 2.45) is 0 Å². The Morgan fingerprint density at radius 2 is 2.00 bits per heavy atom. The minimum atomic E-state index is 0.692. The maximum Gasteiger partial charge on any atom is 0.136 e. The summed E-state index contributed by atoms with van der Waals surface area (Å²) in [6.45, 7) is 0.890. The lowest BCUT2D eigenvalue weighted by Gasteiger charge is -2.20. The van der Waals surface area contributed by atoms with Gasteiger partial charge in [-0.1, -0.05) is 24.3 Å². The molecule has 3 heteroatoms. The van der Waals surface area contributed by atoms with Crippen molar-refractivity contribution in [2.45, 2.75) is 44.3 Å². The molecule has 1 aromatic carbocycles. The minimum absolute atomic E-state index is 0.692. The molecule has 0 saturated heterocycles. The van der Waals surface area contributed by atoms with Crippen molar-refractivity contribution in [2.75, 3.05) is 11.9 Å². The van der Waals surface area contributed by atoms with Crippen LogP contribution in [0, 0.1) is 0 Å². The highest BCUT2D eigenvalue weighted by atomic mass is 15.2. The monoisotopic (exact) mass is 267 g/mol. The number of benzene rings is 1. The molecule has 2 aromatic rings. The third-order valence-corrected chi connectivity index (χ3v) is 4.35. The van der Waals surface area contributed by atoms with Crippen LogP contribution in [-0.4, -0.2) is 24.1 Å². The third kappa shape index (κ3) is 2.38. The highest BCUT2D eigenvalue weighted by molar-refractivity contribution is 5.92. The van der Waals surface area contributed by atoms with E-state index in [4.69, 9.17) is 4.98 Å². The van der Waals surface area contributed by atoms with Crippen molar-refractivity contribution in [3.63, 3.8) is 0 Å². The standard InChI is InChI=1S/C17H21N3/c1-20(15-8-9-15)17-16-5-3-2-4-12(16)10-14(19-17)11-18-13-6-7-13/h2-5,10,13,15,18H,6-9,11H2,1H3. The van der Waals surface area contributed by atoms with Crippen LogP contribution in [-0.2, 0) is 6.54 Å². The Balaban J connectivity index is 1.72. The van der Waals surface area contributed by atoms with Crippen LogP contribution in [0.1, 0.15) is 31.4 Å². The summed E-state index contributed by atoms with van der Waals surface area (Å²) in [4.78, 5) is 7.29. The van der Waals surface area contributed by atoms with Gasteiger partial charge >= 0.3 is 0 Å². The van der Waals surface area contributed by atoms with Crippen LogP contribution in [0.2, 0.25) is 0 Å². The predicted octanol–water partition coefficient (Wildman–Crippen LogP) is 3.09. The quantitative estimate of drug-likeness (QED) is 0.902. The zero-order valence-corrected chi connectivity index (χ0v) is 12.0. The van der Waals surface area contributed by atoms with Gasteiger partial charge in [0.15, 0.2) is 0 Å². The summed E-state index contributed by atoms with van der Waals surface area (Å²) in [5.41, 5.74) is 1.16. The number of hydrogen-bond donors (Lipinski definition) is 1.